The second-order valence-electron chi connectivity index (χ2n) is 4.29. The number of rotatable bonds is 1. The fourth-order valence-corrected chi connectivity index (χ4v) is 1.82. The highest BCUT2D eigenvalue weighted by molar-refractivity contribution is 5.96. The van der Waals surface area contributed by atoms with Crippen LogP contribution in [0.25, 0.3) is 0 Å². The third kappa shape index (κ3) is 1.88. The first-order valence-electron chi connectivity index (χ1n) is 5.20. The molecular formula is C12H16N2O. The van der Waals surface area contributed by atoms with Crippen molar-refractivity contribution in [3.63, 3.8) is 0 Å². The van der Waals surface area contributed by atoms with Crippen LogP contribution < -0.4 is 5.73 Å². The summed E-state index contributed by atoms with van der Waals surface area (Å²) in [6.07, 6.45) is 0. The number of likely N-dealkylation sites (tertiary alicyclic amines) is 1. The Morgan fingerprint density at radius 3 is 2.67 bits per heavy atom. The van der Waals surface area contributed by atoms with Gasteiger partial charge < -0.3 is 10.6 Å². The van der Waals surface area contributed by atoms with Crippen LogP contribution in [0.1, 0.15) is 21.5 Å². The molecule has 0 radical (unpaired) electrons. The number of nitrogens with two attached hydrogens (primary N) is 1. The second kappa shape index (κ2) is 3.66. The number of nitrogens with zero attached hydrogens (tertiary/aromatic N) is 1. The predicted octanol–water partition coefficient (Wildman–Crippen LogP) is 1.09. The van der Waals surface area contributed by atoms with Gasteiger partial charge in [0.1, 0.15) is 0 Å². The topological polar surface area (TPSA) is 46.3 Å². The minimum absolute atomic E-state index is 0.109. The Morgan fingerprint density at radius 1 is 1.40 bits per heavy atom. The predicted molar refractivity (Wildman–Crippen MR) is 59.8 cm³/mol. The molecule has 15 heavy (non-hydrogen) atoms. The summed E-state index contributed by atoms with van der Waals surface area (Å²) in [6, 6.07) is 6.12. The summed E-state index contributed by atoms with van der Waals surface area (Å²) >= 11 is 0. The number of hydrogen-bond donors (Lipinski definition) is 1. The van der Waals surface area contributed by atoms with Crippen LogP contribution in [0.15, 0.2) is 18.2 Å². The van der Waals surface area contributed by atoms with Gasteiger partial charge in [-0.25, -0.2) is 0 Å². The Balaban J connectivity index is 2.22. The van der Waals surface area contributed by atoms with E-state index in [0.29, 0.717) is 13.1 Å². The Labute approximate surface area is 89.9 Å². The number of carbonyl (C=O) groups excluding carboxylic acids is 1. The summed E-state index contributed by atoms with van der Waals surface area (Å²) in [4.78, 5) is 13.8. The van der Waals surface area contributed by atoms with Crippen LogP contribution in [-0.2, 0) is 0 Å². The zero-order valence-electron chi connectivity index (χ0n) is 9.16. The molecule has 1 aliphatic rings. The van der Waals surface area contributed by atoms with E-state index in [0.717, 1.165) is 16.7 Å². The molecule has 1 amide bonds. The first-order valence-corrected chi connectivity index (χ1v) is 5.20. The monoisotopic (exact) mass is 204 g/mol. The minimum atomic E-state index is 0.109. The molecule has 0 saturated carbocycles. The van der Waals surface area contributed by atoms with E-state index in [9.17, 15) is 4.79 Å². The number of amides is 1. The fraction of sp³-hybridized carbons (Fsp3) is 0.417. The van der Waals surface area contributed by atoms with Gasteiger partial charge >= 0.3 is 0 Å². The average Bonchev–Trinajstić information content (AvgIpc) is 2.16. The van der Waals surface area contributed by atoms with Crippen molar-refractivity contribution in [2.75, 3.05) is 13.1 Å². The van der Waals surface area contributed by atoms with E-state index in [1.54, 1.807) is 4.90 Å². The first-order chi connectivity index (χ1) is 7.08. The van der Waals surface area contributed by atoms with Crippen molar-refractivity contribution >= 4 is 5.91 Å². The lowest BCUT2D eigenvalue weighted by atomic mass is 10.0. The van der Waals surface area contributed by atoms with E-state index in [1.165, 1.54) is 0 Å². The zero-order valence-corrected chi connectivity index (χ0v) is 9.16. The maximum Gasteiger partial charge on any atom is 0.254 e. The molecule has 1 aromatic rings. The smallest absolute Gasteiger partial charge is 0.254 e. The van der Waals surface area contributed by atoms with Crippen LogP contribution in [-0.4, -0.2) is 29.9 Å². The van der Waals surface area contributed by atoms with Crippen molar-refractivity contribution < 1.29 is 4.79 Å². The van der Waals surface area contributed by atoms with Gasteiger partial charge in [0.05, 0.1) is 0 Å². The zero-order chi connectivity index (χ0) is 11.0. The summed E-state index contributed by atoms with van der Waals surface area (Å²) in [5, 5.41) is 0. The minimum Gasteiger partial charge on any atom is -0.335 e. The highest BCUT2D eigenvalue weighted by Crippen LogP contribution is 2.16. The van der Waals surface area contributed by atoms with Crippen molar-refractivity contribution in [3.8, 4) is 0 Å². The van der Waals surface area contributed by atoms with Crippen molar-refractivity contribution in [3.05, 3.63) is 34.9 Å². The van der Waals surface area contributed by atoms with Gasteiger partial charge in [-0.15, -0.1) is 0 Å². The Morgan fingerprint density at radius 2 is 2.07 bits per heavy atom. The Kier molecular flexibility index (Phi) is 2.49. The molecule has 80 valence electrons. The van der Waals surface area contributed by atoms with Crippen LogP contribution in [0.5, 0.6) is 0 Å². The number of hydrogen-bond acceptors (Lipinski definition) is 2. The van der Waals surface area contributed by atoms with Gasteiger partial charge in [0, 0.05) is 24.7 Å². The van der Waals surface area contributed by atoms with Crippen molar-refractivity contribution in [1.29, 1.82) is 0 Å². The lowest BCUT2D eigenvalue weighted by Crippen LogP contribution is -2.57. The third-order valence-electron chi connectivity index (χ3n) is 2.82. The van der Waals surface area contributed by atoms with E-state index in [2.05, 4.69) is 0 Å². The number of carbonyl (C=O) groups is 1. The SMILES string of the molecule is Cc1ccc(C)c(C(=O)N2CC(N)C2)c1. The summed E-state index contributed by atoms with van der Waals surface area (Å²) in [5.41, 5.74) is 8.62. The molecule has 3 heteroatoms. The molecule has 2 N–H and O–H groups in total. The highest BCUT2D eigenvalue weighted by atomic mass is 16.2. The van der Waals surface area contributed by atoms with Gasteiger partial charge in [-0.3, -0.25) is 4.79 Å². The number of aryl methyl sites for hydroxylation is 2. The third-order valence-corrected chi connectivity index (χ3v) is 2.82. The molecule has 1 saturated heterocycles. The van der Waals surface area contributed by atoms with E-state index in [4.69, 9.17) is 5.73 Å². The Hall–Kier alpha value is -1.35. The van der Waals surface area contributed by atoms with Crippen molar-refractivity contribution in [2.45, 2.75) is 19.9 Å². The molecule has 0 unspecified atom stereocenters. The maximum absolute atomic E-state index is 12.0. The summed E-state index contributed by atoms with van der Waals surface area (Å²) in [5.74, 6) is 0.109. The summed E-state index contributed by atoms with van der Waals surface area (Å²) in [6.45, 7) is 5.34. The largest absolute Gasteiger partial charge is 0.335 e. The summed E-state index contributed by atoms with van der Waals surface area (Å²) < 4.78 is 0. The van der Waals surface area contributed by atoms with Crippen LogP contribution in [0, 0.1) is 13.8 Å². The second-order valence-corrected chi connectivity index (χ2v) is 4.29. The van der Waals surface area contributed by atoms with E-state index < -0.39 is 0 Å². The quantitative estimate of drug-likeness (QED) is 0.744. The molecule has 1 fully saturated rings. The van der Waals surface area contributed by atoms with Crippen molar-refractivity contribution in [1.82, 2.24) is 4.90 Å². The van der Waals surface area contributed by atoms with Crippen LogP contribution in [0.3, 0.4) is 0 Å². The summed E-state index contributed by atoms with van der Waals surface area (Å²) in [7, 11) is 0. The molecule has 0 spiro atoms. The molecule has 0 aromatic heterocycles. The van der Waals surface area contributed by atoms with E-state index in [1.807, 2.05) is 32.0 Å². The lowest BCUT2D eigenvalue weighted by molar-refractivity contribution is 0.0607. The van der Waals surface area contributed by atoms with Gasteiger partial charge in [-0.05, 0) is 25.5 Å². The van der Waals surface area contributed by atoms with Gasteiger partial charge in [-0.2, -0.15) is 0 Å². The van der Waals surface area contributed by atoms with E-state index >= 15 is 0 Å². The standard InChI is InChI=1S/C12H16N2O/c1-8-3-4-9(2)11(5-8)12(15)14-6-10(13)7-14/h3-5,10H,6-7,13H2,1-2H3. The van der Waals surface area contributed by atoms with Gasteiger partial charge in [0.15, 0.2) is 0 Å². The van der Waals surface area contributed by atoms with Gasteiger partial charge in [-0.1, -0.05) is 17.7 Å². The first kappa shape index (κ1) is 10.2. The molecule has 3 nitrogen and oxygen atoms in total. The molecule has 0 bridgehead atoms. The molecule has 1 aromatic carbocycles. The number of benzene rings is 1. The molecule has 1 heterocycles. The van der Waals surface area contributed by atoms with Crippen LogP contribution in [0.2, 0.25) is 0 Å². The maximum atomic E-state index is 12.0. The normalized spacial score (nSPS) is 16.3. The molecule has 0 atom stereocenters. The van der Waals surface area contributed by atoms with E-state index in [-0.39, 0.29) is 11.9 Å². The average molecular weight is 204 g/mol. The Bertz CT molecular complexity index is 395. The molecular weight excluding hydrogens is 188 g/mol. The lowest BCUT2D eigenvalue weighted by Gasteiger charge is -2.37. The molecule has 0 aliphatic carbocycles. The van der Waals surface area contributed by atoms with Crippen LogP contribution in [0.4, 0.5) is 0 Å². The van der Waals surface area contributed by atoms with Crippen LogP contribution >= 0.6 is 0 Å². The van der Waals surface area contributed by atoms with Gasteiger partial charge in [0.25, 0.3) is 5.91 Å². The fourth-order valence-electron chi connectivity index (χ4n) is 1.82. The molecule has 2 rings (SSSR count). The van der Waals surface area contributed by atoms with Gasteiger partial charge in [0.2, 0.25) is 0 Å². The molecule has 1 aliphatic heterocycles. The highest BCUT2D eigenvalue weighted by Gasteiger charge is 2.28. The van der Waals surface area contributed by atoms with Crippen molar-refractivity contribution in [2.24, 2.45) is 5.73 Å².